The normalized spacial score (nSPS) is 13.7. The van der Waals surface area contributed by atoms with Gasteiger partial charge in [0, 0.05) is 12.2 Å². The summed E-state index contributed by atoms with van der Waals surface area (Å²) in [5, 5.41) is 0. The third-order valence-corrected chi connectivity index (χ3v) is 3.12. The lowest BCUT2D eigenvalue weighted by Gasteiger charge is -2.18. The molecule has 0 radical (unpaired) electrons. The van der Waals surface area contributed by atoms with Gasteiger partial charge in [0.15, 0.2) is 0 Å². The molecule has 0 amide bonds. The van der Waals surface area contributed by atoms with Gasteiger partial charge < -0.3 is 10.6 Å². The smallest absolute Gasteiger partial charge is 0.141 e. The SMILES string of the molecule is Nc1cnc(CN2CCc3ccc(F)cc32)cn1. The van der Waals surface area contributed by atoms with Crippen molar-refractivity contribution < 1.29 is 4.39 Å². The zero-order chi connectivity index (χ0) is 12.5. The van der Waals surface area contributed by atoms with Gasteiger partial charge >= 0.3 is 0 Å². The third-order valence-electron chi connectivity index (χ3n) is 3.12. The van der Waals surface area contributed by atoms with Gasteiger partial charge in [-0.25, -0.2) is 9.37 Å². The van der Waals surface area contributed by atoms with Crippen molar-refractivity contribution in [2.45, 2.75) is 13.0 Å². The molecular weight excluding hydrogens is 231 g/mol. The molecule has 18 heavy (non-hydrogen) atoms. The largest absolute Gasteiger partial charge is 0.382 e. The molecule has 2 aromatic rings. The minimum atomic E-state index is -0.205. The zero-order valence-corrected chi connectivity index (χ0v) is 9.81. The first-order valence-corrected chi connectivity index (χ1v) is 5.82. The highest BCUT2D eigenvalue weighted by Gasteiger charge is 2.19. The van der Waals surface area contributed by atoms with Crippen LogP contribution in [-0.2, 0) is 13.0 Å². The van der Waals surface area contributed by atoms with E-state index in [1.807, 2.05) is 6.07 Å². The van der Waals surface area contributed by atoms with Crippen molar-refractivity contribution in [3.05, 3.63) is 47.7 Å². The fourth-order valence-corrected chi connectivity index (χ4v) is 2.22. The Labute approximate surface area is 104 Å². The van der Waals surface area contributed by atoms with Crippen LogP contribution in [0.3, 0.4) is 0 Å². The predicted molar refractivity (Wildman–Crippen MR) is 67.6 cm³/mol. The van der Waals surface area contributed by atoms with Gasteiger partial charge in [0.2, 0.25) is 0 Å². The molecule has 0 atom stereocenters. The monoisotopic (exact) mass is 244 g/mol. The molecule has 1 aliphatic heterocycles. The summed E-state index contributed by atoms with van der Waals surface area (Å²) >= 11 is 0. The van der Waals surface area contributed by atoms with Crippen molar-refractivity contribution in [3.63, 3.8) is 0 Å². The van der Waals surface area contributed by atoms with E-state index in [1.165, 1.54) is 17.8 Å². The van der Waals surface area contributed by atoms with Crippen molar-refractivity contribution in [2.24, 2.45) is 0 Å². The van der Waals surface area contributed by atoms with Crippen LogP contribution < -0.4 is 10.6 Å². The van der Waals surface area contributed by atoms with Crippen LogP contribution in [0.4, 0.5) is 15.9 Å². The molecule has 1 aromatic heterocycles. The molecule has 1 aliphatic rings. The highest BCUT2D eigenvalue weighted by Crippen LogP contribution is 2.29. The summed E-state index contributed by atoms with van der Waals surface area (Å²) in [6, 6.07) is 4.93. The molecule has 2 heterocycles. The van der Waals surface area contributed by atoms with Crippen molar-refractivity contribution >= 4 is 11.5 Å². The average Bonchev–Trinajstić information content (AvgIpc) is 2.75. The molecule has 1 aromatic carbocycles. The Kier molecular flexibility index (Phi) is 2.59. The van der Waals surface area contributed by atoms with Crippen LogP contribution in [0.15, 0.2) is 30.6 Å². The summed E-state index contributed by atoms with van der Waals surface area (Å²) in [7, 11) is 0. The zero-order valence-electron chi connectivity index (χ0n) is 9.81. The Morgan fingerprint density at radius 1 is 1.28 bits per heavy atom. The quantitative estimate of drug-likeness (QED) is 0.874. The Balaban J connectivity index is 1.84. The van der Waals surface area contributed by atoms with Gasteiger partial charge in [-0.15, -0.1) is 0 Å². The van der Waals surface area contributed by atoms with E-state index in [0.29, 0.717) is 12.4 Å². The molecule has 0 saturated carbocycles. The third kappa shape index (κ3) is 1.99. The highest BCUT2D eigenvalue weighted by molar-refractivity contribution is 5.58. The van der Waals surface area contributed by atoms with E-state index in [2.05, 4.69) is 14.9 Å². The molecule has 92 valence electrons. The van der Waals surface area contributed by atoms with E-state index in [9.17, 15) is 4.39 Å². The summed E-state index contributed by atoms with van der Waals surface area (Å²) in [6.45, 7) is 1.51. The lowest BCUT2D eigenvalue weighted by Crippen LogP contribution is -2.20. The number of aromatic nitrogens is 2. The fourth-order valence-electron chi connectivity index (χ4n) is 2.22. The van der Waals surface area contributed by atoms with Gasteiger partial charge in [-0.2, -0.15) is 0 Å². The minimum Gasteiger partial charge on any atom is -0.382 e. The second-order valence-corrected chi connectivity index (χ2v) is 4.38. The molecule has 3 rings (SSSR count). The number of nitrogens with zero attached hydrogens (tertiary/aromatic N) is 3. The van der Waals surface area contributed by atoms with Crippen molar-refractivity contribution in [1.29, 1.82) is 0 Å². The highest BCUT2D eigenvalue weighted by atomic mass is 19.1. The molecule has 0 fully saturated rings. The van der Waals surface area contributed by atoms with Crippen LogP contribution in [0, 0.1) is 5.82 Å². The van der Waals surface area contributed by atoms with Crippen molar-refractivity contribution in [3.8, 4) is 0 Å². The average molecular weight is 244 g/mol. The minimum absolute atomic E-state index is 0.205. The summed E-state index contributed by atoms with van der Waals surface area (Å²) in [4.78, 5) is 10.3. The Morgan fingerprint density at radius 2 is 2.17 bits per heavy atom. The maximum absolute atomic E-state index is 13.3. The number of rotatable bonds is 2. The van der Waals surface area contributed by atoms with Crippen LogP contribution in [0.1, 0.15) is 11.3 Å². The van der Waals surface area contributed by atoms with Gasteiger partial charge in [0.1, 0.15) is 11.6 Å². The first-order chi connectivity index (χ1) is 8.72. The van der Waals surface area contributed by atoms with Crippen LogP contribution in [-0.4, -0.2) is 16.5 Å². The molecule has 0 bridgehead atoms. The number of fused-ring (bicyclic) bond motifs is 1. The molecule has 0 spiro atoms. The lowest BCUT2D eigenvalue weighted by atomic mass is 10.2. The van der Waals surface area contributed by atoms with Crippen LogP contribution >= 0.6 is 0 Å². The Morgan fingerprint density at radius 3 is 2.94 bits per heavy atom. The van der Waals surface area contributed by atoms with Gasteiger partial charge in [-0.3, -0.25) is 4.98 Å². The Bertz CT molecular complexity index is 568. The van der Waals surface area contributed by atoms with Gasteiger partial charge in [-0.05, 0) is 24.1 Å². The first kappa shape index (κ1) is 11.0. The molecule has 4 nitrogen and oxygen atoms in total. The molecule has 0 unspecified atom stereocenters. The van der Waals surface area contributed by atoms with Crippen LogP contribution in [0.2, 0.25) is 0 Å². The van der Waals surface area contributed by atoms with E-state index in [-0.39, 0.29) is 5.82 Å². The standard InChI is InChI=1S/C13H13FN4/c14-10-2-1-9-3-4-18(12(9)5-10)8-11-6-17-13(15)7-16-11/h1-2,5-7H,3-4,8H2,(H2,15,17). The van der Waals surface area contributed by atoms with E-state index in [0.717, 1.165) is 24.3 Å². The first-order valence-electron chi connectivity index (χ1n) is 5.82. The number of anilines is 2. The van der Waals surface area contributed by atoms with Gasteiger partial charge in [0.05, 0.1) is 24.6 Å². The van der Waals surface area contributed by atoms with Crippen molar-refractivity contribution in [1.82, 2.24) is 9.97 Å². The van der Waals surface area contributed by atoms with Crippen molar-refractivity contribution in [2.75, 3.05) is 17.2 Å². The van der Waals surface area contributed by atoms with E-state index in [1.54, 1.807) is 12.3 Å². The van der Waals surface area contributed by atoms with Gasteiger partial charge in [-0.1, -0.05) is 6.07 Å². The number of benzene rings is 1. The van der Waals surface area contributed by atoms with Gasteiger partial charge in [0.25, 0.3) is 0 Å². The van der Waals surface area contributed by atoms with Crippen LogP contribution in [0.5, 0.6) is 0 Å². The number of hydrogen-bond donors (Lipinski definition) is 1. The molecule has 2 N–H and O–H groups in total. The summed E-state index contributed by atoms with van der Waals surface area (Å²) in [5.74, 6) is 0.204. The molecule has 5 heteroatoms. The number of hydrogen-bond acceptors (Lipinski definition) is 4. The Hall–Kier alpha value is -2.17. The number of halogens is 1. The maximum Gasteiger partial charge on any atom is 0.141 e. The second kappa shape index (κ2) is 4.25. The number of nitrogens with two attached hydrogens (primary N) is 1. The molecule has 0 aliphatic carbocycles. The molecular formula is C13H13FN4. The summed E-state index contributed by atoms with van der Waals surface area (Å²) in [5.41, 5.74) is 8.46. The van der Waals surface area contributed by atoms with E-state index >= 15 is 0 Å². The number of nitrogen functional groups attached to an aromatic ring is 1. The fraction of sp³-hybridized carbons (Fsp3) is 0.231. The maximum atomic E-state index is 13.3. The molecule has 0 saturated heterocycles. The predicted octanol–water partition coefficient (Wildman–Crippen LogP) is 1.76. The summed E-state index contributed by atoms with van der Waals surface area (Å²) < 4.78 is 13.3. The van der Waals surface area contributed by atoms with E-state index < -0.39 is 0 Å². The topological polar surface area (TPSA) is 55.0 Å². The second-order valence-electron chi connectivity index (χ2n) is 4.38. The van der Waals surface area contributed by atoms with Crippen LogP contribution in [0.25, 0.3) is 0 Å². The van der Waals surface area contributed by atoms with E-state index in [4.69, 9.17) is 5.73 Å². The summed E-state index contributed by atoms with van der Waals surface area (Å²) in [6.07, 6.45) is 4.14. The lowest BCUT2D eigenvalue weighted by molar-refractivity contribution is 0.627.